The van der Waals surface area contributed by atoms with Gasteiger partial charge in [-0.1, -0.05) is 0 Å². The SMILES string of the molecule is CC(N)C(=O)N(C)Cc1nc2c(s1)CCCC2.Cl. The molecule has 102 valence electrons. The van der Waals surface area contributed by atoms with Crippen LogP contribution in [0, 0.1) is 0 Å². The molecule has 0 bridgehead atoms. The van der Waals surface area contributed by atoms with Gasteiger partial charge in [0.1, 0.15) is 5.01 Å². The molecule has 1 aliphatic rings. The third-order valence-electron chi connectivity index (χ3n) is 3.03. The molecule has 1 aliphatic carbocycles. The lowest BCUT2D eigenvalue weighted by Crippen LogP contribution is -2.39. The second-order valence-corrected chi connectivity index (χ2v) is 5.84. The summed E-state index contributed by atoms with van der Waals surface area (Å²) in [6, 6.07) is -0.436. The van der Waals surface area contributed by atoms with Crippen molar-refractivity contribution in [3.05, 3.63) is 15.6 Å². The van der Waals surface area contributed by atoms with Crippen LogP contribution >= 0.6 is 23.7 Å². The highest BCUT2D eigenvalue weighted by molar-refractivity contribution is 7.11. The molecule has 0 saturated heterocycles. The van der Waals surface area contributed by atoms with Crippen molar-refractivity contribution in [1.82, 2.24) is 9.88 Å². The van der Waals surface area contributed by atoms with Gasteiger partial charge in [0.25, 0.3) is 0 Å². The highest BCUT2D eigenvalue weighted by atomic mass is 35.5. The Balaban J connectivity index is 0.00000162. The van der Waals surface area contributed by atoms with E-state index in [1.807, 2.05) is 0 Å². The molecule has 2 rings (SSSR count). The molecular formula is C12H20ClN3OS. The molecule has 1 unspecified atom stereocenters. The molecule has 18 heavy (non-hydrogen) atoms. The monoisotopic (exact) mass is 289 g/mol. The van der Waals surface area contributed by atoms with Crippen LogP contribution in [0.3, 0.4) is 0 Å². The summed E-state index contributed by atoms with van der Waals surface area (Å²) in [5, 5.41) is 1.04. The molecule has 4 nitrogen and oxygen atoms in total. The van der Waals surface area contributed by atoms with Crippen molar-refractivity contribution in [2.75, 3.05) is 7.05 Å². The van der Waals surface area contributed by atoms with Crippen LogP contribution in [0.1, 0.15) is 35.3 Å². The highest BCUT2D eigenvalue weighted by Gasteiger charge is 2.18. The van der Waals surface area contributed by atoms with Gasteiger partial charge >= 0.3 is 0 Å². The number of carbonyl (C=O) groups is 1. The summed E-state index contributed by atoms with van der Waals surface area (Å²) in [5.41, 5.74) is 6.83. The number of thiazole rings is 1. The molecule has 1 aromatic rings. The second kappa shape index (κ2) is 6.50. The molecule has 6 heteroatoms. The first-order chi connectivity index (χ1) is 8.08. The van der Waals surface area contributed by atoms with Crippen molar-refractivity contribution in [3.63, 3.8) is 0 Å². The van der Waals surface area contributed by atoms with Gasteiger partial charge in [0.15, 0.2) is 0 Å². The first-order valence-electron chi connectivity index (χ1n) is 6.06. The summed E-state index contributed by atoms with van der Waals surface area (Å²) in [7, 11) is 1.78. The van der Waals surface area contributed by atoms with Gasteiger partial charge in [0.2, 0.25) is 5.91 Å². The minimum Gasteiger partial charge on any atom is -0.338 e. The van der Waals surface area contributed by atoms with E-state index in [1.165, 1.54) is 23.4 Å². The van der Waals surface area contributed by atoms with E-state index in [4.69, 9.17) is 5.73 Å². The van der Waals surface area contributed by atoms with E-state index in [0.717, 1.165) is 17.8 Å². The van der Waals surface area contributed by atoms with E-state index >= 15 is 0 Å². The topological polar surface area (TPSA) is 59.2 Å². The Labute approximate surface area is 118 Å². The summed E-state index contributed by atoms with van der Waals surface area (Å²) in [4.78, 5) is 19.4. The van der Waals surface area contributed by atoms with E-state index < -0.39 is 6.04 Å². The Morgan fingerprint density at radius 3 is 2.78 bits per heavy atom. The predicted octanol–water partition coefficient (Wildman–Crippen LogP) is 1.75. The number of aryl methyl sites for hydroxylation is 2. The van der Waals surface area contributed by atoms with Crippen molar-refractivity contribution < 1.29 is 4.79 Å². The smallest absolute Gasteiger partial charge is 0.239 e. The van der Waals surface area contributed by atoms with Gasteiger partial charge in [-0.2, -0.15) is 0 Å². The van der Waals surface area contributed by atoms with Crippen LogP contribution in [-0.2, 0) is 24.2 Å². The van der Waals surface area contributed by atoms with Crippen LogP contribution in [0.5, 0.6) is 0 Å². The number of hydrogen-bond donors (Lipinski definition) is 1. The molecule has 1 aromatic heterocycles. The van der Waals surface area contributed by atoms with Crippen LogP contribution in [-0.4, -0.2) is 28.9 Å². The molecular weight excluding hydrogens is 270 g/mol. The molecule has 0 saturated carbocycles. The number of amides is 1. The number of carbonyl (C=O) groups excluding carboxylic acids is 1. The standard InChI is InChI=1S/C12H19N3OS.ClH/c1-8(13)12(16)15(2)7-11-14-9-5-3-4-6-10(9)17-11;/h8H,3-7,13H2,1-2H3;1H. The average molecular weight is 290 g/mol. The van der Waals surface area contributed by atoms with E-state index in [-0.39, 0.29) is 18.3 Å². The summed E-state index contributed by atoms with van der Waals surface area (Å²) in [6.45, 7) is 2.30. The quantitative estimate of drug-likeness (QED) is 0.922. The van der Waals surface area contributed by atoms with Crippen LogP contribution in [0.2, 0.25) is 0 Å². The summed E-state index contributed by atoms with van der Waals surface area (Å²) >= 11 is 1.75. The Morgan fingerprint density at radius 2 is 2.17 bits per heavy atom. The van der Waals surface area contributed by atoms with Gasteiger partial charge in [-0.3, -0.25) is 4.79 Å². The predicted molar refractivity (Wildman–Crippen MR) is 76.1 cm³/mol. The number of rotatable bonds is 3. The van der Waals surface area contributed by atoms with Crippen molar-refractivity contribution in [2.24, 2.45) is 5.73 Å². The van der Waals surface area contributed by atoms with Crippen LogP contribution in [0.15, 0.2) is 0 Å². The third-order valence-corrected chi connectivity index (χ3v) is 4.17. The second-order valence-electron chi connectivity index (χ2n) is 4.67. The largest absolute Gasteiger partial charge is 0.338 e. The minimum absolute atomic E-state index is 0. The zero-order valence-electron chi connectivity index (χ0n) is 10.8. The maximum Gasteiger partial charge on any atom is 0.239 e. The fourth-order valence-corrected chi connectivity index (χ4v) is 3.31. The van der Waals surface area contributed by atoms with Crippen LogP contribution in [0.4, 0.5) is 0 Å². The lowest BCUT2D eigenvalue weighted by Gasteiger charge is -2.17. The molecule has 2 N–H and O–H groups in total. The Bertz CT molecular complexity index is 396. The Kier molecular flexibility index (Phi) is 5.56. The number of halogens is 1. The van der Waals surface area contributed by atoms with Gasteiger partial charge in [-0.25, -0.2) is 4.98 Å². The summed E-state index contributed by atoms with van der Waals surface area (Å²) in [5.74, 6) is -0.0295. The lowest BCUT2D eigenvalue weighted by atomic mass is 10.0. The van der Waals surface area contributed by atoms with Crippen molar-refractivity contribution in [1.29, 1.82) is 0 Å². The lowest BCUT2D eigenvalue weighted by molar-refractivity contribution is -0.131. The van der Waals surface area contributed by atoms with E-state index in [2.05, 4.69) is 4.98 Å². The van der Waals surface area contributed by atoms with Gasteiger partial charge in [0.05, 0.1) is 18.3 Å². The minimum atomic E-state index is -0.436. The number of aromatic nitrogens is 1. The van der Waals surface area contributed by atoms with Crippen LogP contribution in [0.25, 0.3) is 0 Å². The normalized spacial score (nSPS) is 15.5. The number of nitrogens with zero attached hydrogens (tertiary/aromatic N) is 2. The Hall–Kier alpha value is -0.650. The number of hydrogen-bond acceptors (Lipinski definition) is 4. The third kappa shape index (κ3) is 3.43. The van der Waals surface area contributed by atoms with Crippen molar-refractivity contribution in [3.8, 4) is 0 Å². The molecule has 0 radical (unpaired) electrons. The maximum atomic E-state index is 11.7. The first kappa shape index (κ1) is 15.4. The van der Waals surface area contributed by atoms with Gasteiger partial charge in [0, 0.05) is 11.9 Å². The highest BCUT2D eigenvalue weighted by Crippen LogP contribution is 2.27. The molecule has 1 heterocycles. The molecule has 1 atom stereocenters. The summed E-state index contributed by atoms with van der Waals surface area (Å²) < 4.78 is 0. The van der Waals surface area contributed by atoms with Gasteiger partial charge in [-0.05, 0) is 32.6 Å². The van der Waals surface area contributed by atoms with E-state index in [9.17, 15) is 4.79 Å². The number of likely N-dealkylation sites (N-methyl/N-ethyl adjacent to an activating group) is 1. The summed E-state index contributed by atoms with van der Waals surface area (Å²) in [6.07, 6.45) is 4.75. The van der Waals surface area contributed by atoms with Crippen molar-refractivity contribution in [2.45, 2.75) is 45.2 Å². The molecule has 0 fully saturated rings. The molecule has 1 amide bonds. The van der Waals surface area contributed by atoms with Crippen molar-refractivity contribution >= 4 is 29.7 Å². The first-order valence-corrected chi connectivity index (χ1v) is 6.87. The number of nitrogens with two attached hydrogens (primary N) is 1. The Morgan fingerprint density at radius 1 is 1.50 bits per heavy atom. The number of fused-ring (bicyclic) bond motifs is 1. The van der Waals surface area contributed by atoms with Gasteiger partial charge < -0.3 is 10.6 Å². The zero-order chi connectivity index (χ0) is 12.4. The van der Waals surface area contributed by atoms with E-state index in [1.54, 1.807) is 30.2 Å². The molecule has 0 aromatic carbocycles. The molecule has 0 spiro atoms. The van der Waals surface area contributed by atoms with Gasteiger partial charge in [-0.15, -0.1) is 23.7 Å². The average Bonchev–Trinajstić information content (AvgIpc) is 2.69. The fourth-order valence-electron chi connectivity index (χ4n) is 2.10. The maximum absolute atomic E-state index is 11.7. The fraction of sp³-hybridized carbons (Fsp3) is 0.667. The van der Waals surface area contributed by atoms with E-state index in [0.29, 0.717) is 6.54 Å². The molecule has 0 aliphatic heterocycles. The van der Waals surface area contributed by atoms with Crippen LogP contribution < -0.4 is 5.73 Å². The zero-order valence-corrected chi connectivity index (χ0v) is 12.4.